The van der Waals surface area contributed by atoms with Crippen molar-refractivity contribution in [1.29, 1.82) is 0 Å². The molecule has 0 saturated heterocycles. The van der Waals surface area contributed by atoms with E-state index in [0.29, 0.717) is 18.1 Å². The third-order valence-corrected chi connectivity index (χ3v) is 3.51. The quantitative estimate of drug-likeness (QED) is 0.622. The van der Waals surface area contributed by atoms with E-state index in [9.17, 15) is 9.59 Å². The molecule has 0 aliphatic carbocycles. The smallest absolute Gasteiger partial charge is 0.272 e. The van der Waals surface area contributed by atoms with Crippen LogP contribution in [0.3, 0.4) is 0 Å². The van der Waals surface area contributed by atoms with Crippen LogP contribution in [0.5, 0.6) is 0 Å². The van der Waals surface area contributed by atoms with Gasteiger partial charge in [-0.2, -0.15) is 0 Å². The van der Waals surface area contributed by atoms with Gasteiger partial charge < -0.3 is 16.0 Å². The lowest BCUT2D eigenvalue weighted by Gasteiger charge is -2.08. The summed E-state index contributed by atoms with van der Waals surface area (Å²) in [5, 5.41) is 16.5. The summed E-state index contributed by atoms with van der Waals surface area (Å²) in [6, 6.07) is 15.9. The average Bonchev–Trinajstić information content (AvgIpc) is 2.67. The number of aromatic nitrogens is 3. The number of carbonyl (C=O) groups excluding carboxylic acids is 2. The molecule has 0 atom stereocenters. The van der Waals surface area contributed by atoms with Crippen LogP contribution < -0.4 is 16.0 Å². The number of benzene rings is 1. The molecule has 3 rings (SSSR count). The lowest BCUT2D eigenvalue weighted by atomic mass is 10.2. The minimum Gasteiger partial charge on any atom is -0.345 e. The number of anilines is 3. The third kappa shape index (κ3) is 5.33. The van der Waals surface area contributed by atoms with Gasteiger partial charge >= 0.3 is 0 Å². The fraction of sp³-hybridized carbons (Fsp3) is 0.105. The first-order chi connectivity index (χ1) is 13.1. The van der Waals surface area contributed by atoms with Crippen molar-refractivity contribution in [1.82, 2.24) is 20.5 Å². The largest absolute Gasteiger partial charge is 0.345 e. The summed E-state index contributed by atoms with van der Waals surface area (Å²) < 4.78 is 0. The Balaban J connectivity index is 1.60. The fourth-order valence-corrected chi connectivity index (χ4v) is 2.31. The lowest BCUT2D eigenvalue weighted by Crippen LogP contribution is -2.24. The van der Waals surface area contributed by atoms with Crippen LogP contribution in [0.25, 0.3) is 0 Å². The van der Waals surface area contributed by atoms with Crippen LogP contribution in [0.15, 0.2) is 60.8 Å². The Bertz CT molecular complexity index is 928. The van der Waals surface area contributed by atoms with E-state index in [4.69, 9.17) is 0 Å². The molecule has 2 amide bonds. The maximum atomic E-state index is 12.1. The molecule has 3 aromatic rings. The second-order valence-electron chi connectivity index (χ2n) is 5.69. The minimum atomic E-state index is -0.327. The monoisotopic (exact) mass is 362 g/mol. The van der Waals surface area contributed by atoms with Crippen LogP contribution in [-0.2, 0) is 11.3 Å². The summed E-state index contributed by atoms with van der Waals surface area (Å²) in [6.07, 6.45) is 1.67. The highest BCUT2D eigenvalue weighted by molar-refractivity contribution is 5.92. The Morgan fingerprint density at radius 3 is 2.52 bits per heavy atom. The molecule has 2 heterocycles. The summed E-state index contributed by atoms with van der Waals surface area (Å²) >= 11 is 0. The van der Waals surface area contributed by atoms with E-state index in [-0.39, 0.29) is 17.5 Å². The van der Waals surface area contributed by atoms with Crippen LogP contribution in [0, 0.1) is 0 Å². The number of hydrogen-bond acceptors (Lipinski definition) is 6. The summed E-state index contributed by atoms with van der Waals surface area (Å²) in [5.74, 6) is 0.0108. The first kappa shape index (κ1) is 18.0. The molecule has 8 heteroatoms. The van der Waals surface area contributed by atoms with E-state index >= 15 is 0 Å². The number of nitrogens with one attached hydrogen (secondary N) is 3. The standard InChI is InChI=1S/C19H18N6O2/c1-13(26)22-14-6-4-7-15(11-14)23-18-9-8-17(24-25-18)19(27)21-12-16-5-2-3-10-20-16/h2-11H,12H2,1H3,(H,21,27)(H,22,26)(H,23,25). The van der Waals surface area contributed by atoms with Gasteiger partial charge in [-0.05, 0) is 42.5 Å². The Hall–Kier alpha value is -3.81. The van der Waals surface area contributed by atoms with Gasteiger partial charge in [-0.1, -0.05) is 12.1 Å². The number of amides is 2. The average molecular weight is 362 g/mol. The molecule has 1 aromatic carbocycles. The van der Waals surface area contributed by atoms with Gasteiger partial charge in [0.15, 0.2) is 11.5 Å². The Morgan fingerprint density at radius 1 is 0.963 bits per heavy atom. The summed E-state index contributed by atoms with van der Waals surface area (Å²) in [5.41, 5.74) is 2.38. The molecule has 0 fully saturated rings. The SMILES string of the molecule is CC(=O)Nc1cccc(Nc2ccc(C(=O)NCc3ccccn3)nn2)c1. The van der Waals surface area contributed by atoms with Gasteiger partial charge in [-0.25, -0.2) is 0 Å². The summed E-state index contributed by atoms with van der Waals surface area (Å²) in [6.45, 7) is 1.76. The first-order valence-corrected chi connectivity index (χ1v) is 8.27. The number of nitrogens with zero attached hydrogens (tertiary/aromatic N) is 3. The molecule has 0 bridgehead atoms. The molecule has 0 saturated carbocycles. The van der Waals surface area contributed by atoms with E-state index in [2.05, 4.69) is 31.1 Å². The highest BCUT2D eigenvalue weighted by atomic mass is 16.2. The fourth-order valence-electron chi connectivity index (χ4n) is 2.31. The van der Waals surface area contributed by atoms with Crippen molar-refractivity contribution in [2.24, 2.45) is 0 Å². The molecular formula is C19H18N6O2. The van der Waals surface area contributed by atoms with E-state index < -0.39 is 0 Å². The molecule has 0 aliphatic heterocycles. The second kappa shape index (κ2) is 8.52. The lowest BCUT2D eigenvalue weighted by molar-refractivity contribution is -0.114. The predicted octanol–water partition coefficient (Wildman–Crippen LogP) is 2.50. The van der Waals surface area contributed by atoms with E-state index in [0.717, 1.165) is 11.4 Å². The summed E-state index contributed by atoms with van der Waals surface area (Å²) in [4.78, 5) is 27.4. The Kier molecular flexibility index (Phi) is 5.68. The zero-order valence-corrected chi connectivity index (χ0v) is 14.6. The number of pyridine rings is 1. The van der Waals surface area contributed by atoms with Crippen LogP contribution >= 0.6 is 0 Å². The van der Waals surface area contributed by atoms with Crippen molar-refractivity contribution in [2.75, 3.05) is 10.6 Å². The molecule has 2 aromatic heterocycles. The highest BCUT2D eigenvalue weighted by Gasteiger charge is 2.08. The second-order valence-corrected chi connectivity index (χ2v) is 5.69. The van der Waals surface area contributed by atoms with E-state index in [1.165, 1.54) is 6.92 Å². The van der Waals surface area contributed by atoms with Gasteiger partial charge in [0.05, 0.1) is 12.2 Å². The first-order valence-electron chi connectivity index (χ1n) is 8.27. The van der Waals surface area contributed by atoms with Crippen molar-refractivity contribution in [2.45, 2.75) is 13.5 Å². The molecule has 3 N–H and O–H groups in total. The maximum Gasteiger partial charge on any atom is 0.272 e. The van der Waals surface area contributed by atoms with Crippen molar-refractivity contribution in [3.05, 3.63) is 72.2 Å². The van der Waals surface area contributed by atoms with Gasteiger partial charge in [0, 0.05) is 24.5 Å². The van der Waals surface area contributed by atoms with Crippen molar-refractivity contribution >= 4 is 29.0 Å². The maximum absolute atomic E-state index is 12.1. The van der Waals surface area contributed by atoms with Crippen LogP contribution in [0.1, 0.15) is 23.1 Å². The minimum absolute atomic E-state index is 0.145. The number of rotatable bonds is 6. The molecular weight excluding hydrogens is 344 g/mol. The van der Waals surface area contributed by atoms with Crippen LogP contribution in [-0.4, -0.2) is 27.0 Å². The molecule has 136 valence electrons. The van der Waals surface area contributed by atoms with Crippen LogP contribution in [0.4, 0.5) is 17.2 Å². The van der Waals surface area contributed by atoms with Gasteiger partial charge in [-0.3, -0.25) is 14.6 Å². The highest BCUT2D eigenvalue weighted by Crippen LogP contribution is 2.18. The van der Waals surface area contributed by atoms with Crippen molar-refractivity contribution < 1.29 is 9.59 Å². The van der Waals surface area contributed by atoms with Crippen LogP contribution in [0.2, 0.25) is 0 Å². The zero-order valence-electron chi connectivity index (χ0n) is 14.6. The number of carbonyl (C=O) groups is 2. The van der Waals surface area contributed by atoms with Crippen molar-refractivity contribution in [3.63, 3.8) is 0 Å². The molecule has 27 heavy (non-hydrogen) atoms. The van der Waals surface area contributed by atoms with E-state index in [1.807, 2.05) is 24.3 Å². The number of hydrogen-bond donors (Lipinski definition) is 3. The van der Waals surface area contributed by atoms with Gasteiger partial charge in [0.2, 0.25) is 5.91 Å². The Morgan fingerprint density at radius 2 is 1.81 bits per heavy atom. The summed E-state index contributed by atoms with van der Waals surface area (Å²) in [7, 11) is 0. The molecule has 0 radical (unpaired) electrons. The van der Waals surface area contributed by atoms with Crippen molar-refractivity contribution in [3.8, 4) is 0 Å². The molecule has 0 spiro atoms. The van der Waals surface area contributed by atoms with Gasteiger partial charge in [-0.15, -0.1) is 10.2 Å². The molecule has 8 nitrogen and oxygen atoms in total. The predicted molar refractivity (Wildman–Crippen MR) is 101 cm³/mol. The van der Waals surface area contributed by atoms with Gasteiger partial charge in [0.25, 0.3) is 5.91 Å². The normalized spacial score (nSPS) is 10.1. The van der Waals surface area contributed by atoms with E-state index in [1.54, 1.807) is 36.5 Å². The Labute approximate surface area is 156 Å². The van der Waals surface area contributed by atoms with Gasteiger partial charge in [0.1, 0.15) is 0 Å². The topological polar surface area (TPSA) is 109 Å². The zero-order chi connectivity index (χ0) is 19.1. The molecule has 0 aliphatic rings. The molecule has 0 unspecified atom stereocenters. The third-order valence-electron chi connectivity index (χ3n) is 3.51.